The summed E-state index contributed by atoms with van der Waals surface area (Å²) in [5.41, 5.74) is -0.598. The molecular formula is C19H34O5. The van der Waals surface area contributed by atoms with Gasteiger partial charge in [-0.15, -0.1) is 0 Å². The zero-order valence-electron chi connectivity index (χ0n) is 16.1. The highest BCUT2D eigenvalue weighted by atomic mass is 16.7. The number of esters is 1. The maximum absolute atomic E-state index is 12.5. The van der Waals surface area contributed by atoms with Gasteiger partial charge < -0.3 is 18.9 Å². The van der Waals surface area contributed by atoms with Gasteiger partial charge in [0.05, 0.1) is 24.2 Å². The molecule has 4 atom stereocenters. The zero-order valence-corrected chi connectivity index (χ0v) is 16.1. The number of fused-ring (bicyclic) bond motifs is 1. The van der Waals surface area contributed by atoms with Gasteiger partial charge in [0.1, 0.15) is 18.3 Å². The molecule has 4 unspecified atom stereocenters. The predicted molar refractivity (Wildman–Crippen MR) is 91.9 cm³/mol. The van der Waals surface area contributed by atoms with Crippen molar-refractivity contribution in [3.05, 3.63) is 0 Å². The minimum atomic E-state index is -0.435. The minimum Gasteiger partial charge on any atom is -0.457 e. The van der Waals surface area contributed by atoms with Crippen LogP contribution in [0.5, 0.6) is 0 Å². The van der Waals surface area contributed by atoms with Crippen molar-refractivity contribution in [1.29, 1.82) is 0 Å². The van der Waals surface area contributed by atoms with E-state index in [0.717, 1.165) is 25.7 Å². The van der Waals surface area contributed by atoms with Gasteiger partial charge >= 0.3 is 5.97 Å². The molecule has 2 saturated heterocycles. The van der Waals surface area contributed by atoms with Crippen molar-refractivity contribution in [3.8, 4) is 0 Å². The molecule has 0 spiro atoms. The molecule has 2 aliphatic heterocycles. The van der Waals surface area contributed by atoms with E-state index in [1.165, 1.54) is 0 Å². The maximum atomic E-state index is 12.5. The molecule has 0 aromatic heterocycles. The van der Waals surface area contributed by atoms with Gasteiger partial charge in [0.15, 0.2) is 6.10 Å². The summed E-state index contributed by atoms with van der Waals surface area (Å²) in [4.78, 5) is 12.5. The van der Waals surface area contributed by atoms with E-state index in [1.54, 1.807) is 0 Å². The van der Waals surface area contributed by atoms with Crippen molar-refractivity contribution in [3.63, 3.8) is 0 Å². The van der Waals surface area contributed by atoms with Crippen molar-refractivity contribution in [2.45, 2.75) is 97.2 Å². The summed E-state index contributed by atoms with van der Waals surface area (Å²) >= 11 is 0. The van der Waals surface area contributed by atoms with Crippen molar-refractivity contribution >= 4 is 5.97 Å². The van der Waals surface area contributed by atoms with Gasteiger partial charge in [-0.1, -0.05) is 27.7 Å². The first-order valence-corrected chi connectivity index (χ1v) is 9.44. The molecule has 5 heteroatoms. The number of rotatable bonds is 8. The van der Waals surface area contributed by atoms with E-state index < -0.39 is 5.41 Å². The molecule has 2 aliphatic rings. The normalized spacial score (nSPS) is 30.4. The Bertz CT molecular complexity index is 427. The van der Waals surface area contributed by atoms with Crippen LogP contribution in [-0.4, -0.2) is 49.2 Å². The molecule has 0 aliphatic carbocycles. The van der Waals surface area contributed by atoms with Gasteiger partial charge in [-0.3, -0.25) is 4.79 Å². The first kappa shape index (κ1) is 19.7. The van der Waals surface area contributed by atoms with Crippen molar-refractivity contribution in [1.82, 2.24) is 0 Å². The van der Waals surface area contributed by atoms with Crippen LogP contribution in [0, 0.1) is 5.41 Å². The third kappa shape index (κ3) is 3.78. The van der Waals surface area contributed by atoms with Gasteiger partial charge in [-0.25, -0.2) is 0 Å². The van der Waals surface area contributed by atoms with E-state index in [0.29, 0.717) is 13.2 Å². The summed E-state index contributed by atoms with van der Waals surface area (Å²) in [5, 5.41) is 0. The molecule has 5 nitrogen and oxygen atoms in total. The number of hydrogen-bond acceptors (Lipinski definition) is 5. The van der Waals surface area contributed by atoms with Crippen molar-refractivity contribution in [2.24, 2.45) is 5.41 Å². The lowest BCUT2D eigenvalue weighted by Gasteiger charge is -2.32. The van der Waals surface area contributed by atoms with E-state index in [-0.39, 0.29) is 36.0 Å². The van der Waals surface area contributed by atoms with E-state index in [1.807, 2.05) is 20.8 Å². The quantitative estimate of drug-likeness (QED) is 0.632. The van der Waals surface area contributed by atoms with Gasteiger partial charge in [-0.05, 0) is 39.5 Å². The minimum absolute atomic E-state index is 0.0904. The van der Waals surface area contributed by atoms with Gasteiger partial charge in [0.2, 0.25) is 0 Å². The fraction of sp³-hybridized carbons (Fsp3) is 0.947. The Balaban J connectivity index is 1.97. The third-order valence-electron chi connectivity index (χ3n) is 6.21. The molecule has 0 aromatic carbocycles. The molecule has 0 amide bonds. The van der Waals surface area contributed by atoms with Crippen LogP contribution in [0.2, 0.25) is 0 Å². The lowest BCUT2D eigenvalue weighted by molar-refractivity contribution is -0.166. The Hall–Kier alpha value is -0.650. The Morgan fingerprint density at radius 1 is 0.917 bits per heavy atom. The molecule has 140 valence electrons. The van der Waals surface area contributed by atoms with Gasteiger partial charge in [0, 0.05) is 0 Å². The predicted octanol–water partition coefficient (Wildman–Crippen LogP) is 3.49. The average Bonchev–Trinajstić information content (AvgIpc) is 3.17. The Labute approximate surface area is 146 Å². The highest BCUT2D eigenvalue weighted by Gasteiger charge is 2.52. The lowest BCUT2D eigenvalue weighted by Crippen LogP contribution is -2.41. The summed E-state index contributed by atoms with van der Waals surface area (Å²) in [6, 6.07) is 0. The van der Waals surface area contributed by atoms with E-state index >= 15 is 0 Å². The van der Waals surface area contributed by atoms with E-state index in [4.69, 9.17) is 18.9 Å². The van der Waals surface area contributed by atoms with Gasteiger partial charge in [-0.2, -0.15) is 0 Å². The van der Waals surface area contributed by atoms with Crippen LogP contribution in [0.25, 0.3) is 0 Å². The van der Waals surface area contributed by atoms with Crippen LogP contribution in [0.1, 0.15) is 67.2 Å². The molecule has 2 rings (SSSR count). The second-order valence-corrected chi connectivity index (χ2v) is 7.62. The third-order valence-corrected chi connectivity index (χ3v) is 6.21. The molecular weight excluding hydrogens is 308 g/mol. The van der Waals surface area contributed by atoms with Crippen molar-refractivity contribution in [2.75, 3.05) is 13.2 Å². The molecule has 24 heavy (non-hydrogen) atoms. The molecule has 0 saturated carbocycles. The molecule has 2 fully saturated rings. The van der Waals surface area contributed by atoms with Gasteiger partial charge in [0.25, 0.3) is 0 Å². The monoisotopic (exact) mass is 342 g/mol. The topological polar surface area (TPSA) is 54.0 Å². The fourth-order valence-corrected chi connectivity index (χ4v) is 3.23. The first-order valence-electron chi connectivity index (χ1n) is 9.44. The van der Waals surface area contributed by atoms with Crippen LogP contribution in [0.3, 0.4) is 0 Å². The Kier molecular flexibility index (Phi) is 6.32. The lowest BCUT2D eigenvalue weighted by atomic mass is 9.85. The second kappa shape index (κ2) is 7.71. The van der Waals surface area contributed by atoms with Crippen LogP contribution >= 0.6 is 0 Å². The summed E-state index contributed by atoms with van der Waals surface area (Å²) in [7, 11) is 0. The summed E-state index contributed by atoms with van der Waals surface area (Å²) in [5.74, 6) is -0.151. The van der Waals surface area contributed by atoms with E-state index in [2.05, 4.69) is 20.8 Å². The Morgan fingerprint density at radius 3 is 1.92 bits per heavy atom. The smallest absolute Gasteiger partial charge is 0.312 e. The molecule has 2 heterocycles. The fourth-order valence-electron chi connectivity index (χ4n) is 3.23. The highest BCUT2D eigenvalue weighted by molar-refractivity contribution is 5.76. The zero-order chi connectivity index (χ0) is 18.0. The van der Waals surface area contributed by atoms with Crippen LogP contribution < -0.4 is 0 Å². The first-order chi connectivity index (χ1) is 11.3. The number of carbonyl (C=O) groups excluding carboxylic acids is 1. The summed E-state index contributed by atoms with van der Waals surface area (Å²) in [6.45, 7) is 13.3. The largest absolute Gasteiger partial charge is 0.457 e. The van der Waals surface area contributed by atoms with E-state index in [9.17, 15) is 4.79 Å². The number of hydrogen-bond donors (Lipinski definition) is 0. The Morgan fingerprint density at radius 2 is 1.42 bits per heavy atom. The highest BCUT2D eigenvalue weighted by Crippen LogP contribution is 2.36. The summed E-state index contributed by atoms with van der Waals surface area (Å²) in [6.07, 6.45) is 2.65. The maximum Gasteiger partial charge on any atom is 0.312 e. The average molecular weight is 342 g/mol. The number of carbonyl (C=O) groups is 1. The molecule has 0 bridgehead atoms. The van der Waals surface area contributed by atoms with Crippen LogP contribution in [-0.2, 0) is 23.7 Å². The molecule has 0 N–H and O–H groups in total. The molecule has 0 aromatic rings. The van der Waals surface area contributed by atoms with Crippen LogP contribution in [0.4, 0.5) is 0 Å². The summed E-state index contributed by atoms with van der Waals surface area (Å²) < 4.78 is 23.8. The molecule has 0 radical (unpaired) electrons. The van der Waals surface area contributed by atoms with Crippen LogP contribution in [0.15, 0.2) is 0 Å². The second-order valence-electron chi connectivity index (χ2n) is 7.62. The number of ether oxygens (including phenoxy) is 4. The van der Waals surface area contributed by atoms with Crippen molar-refractivity contribution < 1.29 is 23.7 Å². The SMILES string of the molecule is CCC(C)(CC)OC1COC2C(OC(=O)C(C)(CC)CC)COC12. The standard InChI is InChI=1S/C19H34O5/c1-7-18(5,8-2)17(20)23-13-11-21-16-14(12-22-15(13)16)24-19(6,9-3)10-4/h13-16H,7-12H2,1-6H3.